The number of aromatic amines is 1. The van der Waals surface area contributed by atoms with E-state index in [1.54, 1.807) is 71.3 Å². The Morgan fingerprint density at radius 3 is 2.37 bits per heavy atom. The molecule has 0 bridgehead atoms. The number of hydrogen-bond donors (Lipinski definition) is 4. The Hall–Kier alpha value is -6.41. The molecule has 2 aliphatic heterocycles. The van der Waals surface area contributed by atoms with E-state index >= 15 is 0 Å². The lowest BCUT2D eigenvalue weighted by molar-refractivity contribution is -0.136. The smallest absolute Gasteiger partial charge is 0.267 e. The fourth-order valence-electron chi connectivity index (χ4n) is 7.93. The molecule has 1 unspecified atom stereocenters. The Morgan fingerprint density at radius 2 is 1.66 bits per heavy atom. The molecule has 14 heteroatoms. The molecule has 13 nitrogen and oxygen atoms in total. The highest BCUT2D eigenvalue weighted by molar-refractivity contribution is 6.24. The van der Waals surface area contributed by atoms with Gasteiger partial charge in [-0.15, -0.1) is 0 Å². The SMILES string of the molecule is Cc1cc(F)cc(C)c1Oc1ccc(C(C)(C)O)cc1-c1cn(C)c(=O)c2cc(C(=O)NCCCCCCc3cccc4c3C(=O)N(C3CCC(=O)NC3=O)C4=O)[nH]c12. The first-order chi connectivity index (χ1) is 28.0. The molecule has 0 spiro atoms. The molecule has 0 saturated carbocycles. The highest BCUT2D eigenvalue weighted by Gasteiger charge is 2.45. The van der Waals surface area contributed by atoms with E-state index in [1.807, 2.05) is 6.07 Å². The lowest BCUT2D eigenvalue weighted by atomic mass is 9.93. The van der Waals surface area contributed by atoms with Crippen LogP contribution in [0.1, 0.15) is 106 Å². The number of carbonyl (C=O) groups is 5. The van der Waals surface area contributed by atoms with Crippen LogP contribution in [0.25, 0.3) is 22.0 Å². The largest absolute Gasteiger partial charge is 0.456 e. The van der Waals surface area contributed by atoms with Crippen molar-refractivity contribution < 1.29 is 38.2 Å². The van der Waals surface area contributed by atoms with Crippen molar-refractivity contribution in [1.29, 1.82) is 0 Å². The van der Waals surface area contributed by atoms with E-state index in [4.69, 9.17) is 4.74 Å². The number of H-pyrrole nitrogens is 1. The maximum absolute atomic E-state index is 14.1. The topological polar surface area (TPSA) is 180 Å². The Labute approximate surface area is 339 Å². The van der Waals surface area contributed by atoms with Crippen molar-refractivity contribution in [1.82, 2.24) is 25.1 Å². The Bertz CT molecular complexity index is 2600. The minimum absolute atomic E-state index is 0.0524. The molecular weight excluding hydrogens is 758 g/mol. The van der Waals surface area contributed by atoms with E-state index in [2.05, 4.69) is 15.6 Å². The zero-order valence-electron chi connectivity index (χ0n) is 33.6. The normalized spacial score (nSPS) is 15.5. The number of rotatable bonds is 13. The minimum atomic E-state index is -1.21. The standard InChI is InChI=1S/C45H46FN5O8/c1-24-19-28(46)20-25(2)39(24)59-35-16-14-27(45(3,4)58)21-30(35)32-23-50(5)42(55)31-22-33(48-38(31)32)40(53)47-18-9-7-6-8-11-26-12-10-13-29-37(26)44(57)51(43(29)56)34-15-17-36(52)49-41(34)54/h10,12-14,16,19-23,34,48,58H,6-9,11,15,17-18H2,1-5H3,(H,47,53)(H,49,52,54). The van der Waals surface area contributed by atoms with E-state index < -0.39 is 41.2 Å². The molecule has 7 rings (SSSR count). The highest BCUT2D eigenvalue weighted by atomic mass is 19.1. The Morgan fingerprint density at radius 1 is 0.932 bits per heavy atom. The van der Waals surface area contributed by atoms with Gasteiger partial charge in [-0.05, 0) is 112 Å². The summed E-state index contributed by atoms with van der Waals surface area (Å²) in [7, 11) is 1.62. The summed E-state index contributed by atoms with van der Waals surface area (Å²) in [6.07, 6.45) is 5.28. The first-order valence-electron chi connectivity index (χ1n) is 19.7. The number of nitrogens with one attached hydrogen (secondary N) is 3. The quantitative estimate of drug-likeness (QED) is 0.0798. The van der Waals surface area contributed by atoms with Gasteiger partial charge in [-0.1, -0.05) is 31.0 Å². The number of carbonyl (C=O) groups excluding carboxylic acids is 5. The van der Waals surface area contributed by atoms with Crippen LogP contribution in [-0.4, -0.2) is 61.7 Å². The van der Waals surface area contributed by atoms with Gasteiger partial charge in [-0.3, -0.25) is 39.0 Å². The Balaban J connectivity index is 1.01. The number of amides is 5. The monoisotopic (exact) mass is 803 g/mol. The number of benzene rings is 3. The van der Waals surface area contributed by atoms with Gasteiger partial charge >= 0.3 is 0 Å². The second kappa shape index (κ2) is 16.1. The molecule has 1 fully saturated rings. The van der Waals surface area contributed by atoms with Crippen LogP contribution in [0, 0.1) is 19.7 Å². The number of aryl methyl sites for hydroxylation is 4. The van der Waals surface area contributed by atoms with Crippen molar-refractivity contribution in [3.8, 4) is 22.6 Å². The molecule has 59 heavy (non-hydrogen) atoms. The van der Waals surface area contributed by atoms with Crippen molar-refractivity contribution in [2.24, 2.45) is 7.05 Å². The molecule has 3 aromatic carbocycles. The third kappa shape index (κ3) is 8.04. The van der Waals surface area contributed by atoms with Crippen molar-refractivity contribution in [3.05, 3.63) is 116 Å². The molecular formula is C45H46FN5O8. The molecule has 1 atom stereocenters. The molecule has 1 saturated heterocycles. The fourth-order valence-corrected chi connectivity index (χ4v) is 7.93. The van der Waals surface area contributed by atoms with Gasteiger partial charge in [0.1, 0.15) is 29.1 Å². The van der Waals surface area contributed by atoms with Gasteiger partial charge in [-0.2, -0.15) is 0 Å². The molecule has 5 aromatic rings. The number of nitrogens with zero attached hydrogens (tertiary/aromatic N) is 2. The van der Waals surface area contributed by atoms with Crippen LogP contribution in [0.15, 0.2) is 65.6 Å². The van der Waals surface area contributed by atoms with Gasteiger partial charge < -0.3 is 24.7 Å². The second-order valence-corrected chi connectivity index (χ2v) is 15.9. The summed E-state index contributed by atoms with van der Waals surface area (Å²) in [6.45, 7) is 7.19. The average Bonchev–Trinajstić information content (AvgIpc) is 3.73. The van der Waals surface area contributed by atoms with Gasteiger partial charge in [0.15, 0.2) is 0 Å². The molecule has 2 aliphatic rings. The van der Waals surface area contributed by atoms with Crippen LogP contribution < -0.4 is 20.9 Å². The minimum Gasteiger partial charge on any atom is -0.456 e. The van der Waals surface area contributed by atoms with Crippen LogP contribution in [0.4, 0.5) is 4.39 Å². The lowest BCUT2D eigenvalue weighted by Gasteiger charge is -2.27. The molecule has 5 amide bonds. The summed E-state index contributed by atoms with van der Waals surface area (Å²) in [5, 5.41) is 16.4. The summed E-state index contributed by atoms with van der Waals surface area (Å²) in [5.41, 5.74) is 3.24. The molecule has 306 valence electrons. The van der Waals surface area contributed by atoms with E-state index in [1.165, 1.54) is 22.8 Å². The van der Waals surface area contributed by atoms with E-state index in [0.717, 1.165) is 29.7 Å². The fraction of sp³-hybridized carbons (Fsp3) is 0.333. The molecule has 0 radical (unpaired) electrons. The van der Waals surface area contributed by atoms with Crippen molar-refractivity contribution in [3.63, 3.8) is 0 Å². The van der Waals surface area contributed by atoms with Gasteiger partial charge in [0.2, 0.25) is 11.8 Å². The average molecular weight is 804 g/mol. The predicted octanol–water partition coefficient (Wildman–Crippen LogP) is 6.24. The first kappa shape index (κ1) is 40.8. The van der Waals surface area contributed by atoms with Crippen molar-refractivity contribution in [2.75, 3.05) is 6.54 Å². The molecule has 4 heterocycles. The summed E-state index contributed by atoms with van der Waals surface area (Å²) < 4.78 is 22.0. The molecule has 0 aliphatic carbocycles. The van der Waals surface area contributed by atoms with E-state index in [0.29, 0.717) is 69.8 Å². The second-order valence-electron chi connectivity index (χ2n) is 15.9. The number of hydrogen-bond acceptors (Lipinski definition) is 8. The van der Waals surface area contributed by atoms with Gasteiger partial charge in [0, 0.05) is 37.3 Å². The third-order valence-electron chi connectivity index (χ3n) is 11.0. The summed E-state index contributed by atoms with van der Waals surface area (Å²) in [4.78, 5) is 81.6. The van der Waals surface area contributed by atoms with Crippen LogP contribution in [-0.2, 0) is 28.7 Å². The third-order valence-corrected chi connectivity index (χ3v) is 11.0. The summed E-state index contributed by atoms with van der Waals surface area (Å²) in [5.74, 6) is -2.02. The first-order valence-corrected chi connectivity index (χ1v) is 19.7. The zero-order chi connectivity index (χ0) is 42.3. The zero-order valence-corrected chi connectivity index (χ0v) is 33.6. The van der Waals surface area contributed by atoms with Crippen LogP contribution in [0.3, 0.4) is 0 Å². The predicted molar refractivity (Wildman–Crippen MR) is 218 cm³/mol. The maximum atomic E-state index is 14.1. The van der Waals surface area contributed by atoms with Gasteiger partial charge in [-0.25, -0.2) is 4.39 Å². The van der Waals surface area contributed by atoms with Crippen LogP contribution in [0.5, 0.6) is 11.5 Å². The van der Waals surface area contributed by atoms with Crippen molar-refractivity contribution in [2.45, 2.75) is 84.3 Å². The highest BCUT2D eigenvalue weighted by Crippen LogP contribution is 2.41. The van der Waals surface area contributed by atoms with E-state index in [-0.39, 0.29) is 40.9 Å². The number of aliphatic hydroxyl groups is 1. The lowest BCUT2D eigenvalue weighted by Crippen LogP contribution is -2.54. The molecule has 4 N–H and O–H groups in total. The van der Waals surface area contributed by atoms with Gasteiger partial charge in [0.25, 0.3) is 23.3 Å². The number of aromatic nitrogens is 2. The van der Waals surface area contributed by atoms with Crippen LogP contribution >= 0.6 is 0 Å². The number of fused-ring (bicyclic) bond motifs is 2. The number of pyridine rings is 1. The number of ether oxygens (including phenoxy) is 1. The number of imide groups is 2. The van der Waals surface area contributed by atoms with E-state index in [9.17, 15) is 38.3 Å². The van der Waals surface area contributed by atoms with Crippen LogP contribution in [0.2, 0.25) is 0 Å². The van der Waals surface area contributed by atoms with Crippen molar-refractivity contribution >= 4 is 40.4 Å². The number of piperidine rings is 1. The van der Waals surface area contributed by atoms with Gasteiger partial charge in [0.05, 0.1) is 27.6 Å². The summed E-state index contributed by atoms with van der Waals surface area (Å²) in [6, 6.07) is 13.6. The number of halogens is 1. The Kier molecular flexibility index (Phi) is 11.1. The summed E-state index contributed by atoms with van der Waals surface area (Å²) >= 11 is 0. The number of unbranched alkanes of at least 4 members (excludes halogenated alkanes) is 3. The maximum Gasteiger partial charge on any atom is 0.267 e. The molecule has 2 aromatic heterocycles.